The van der Waals surface area contributed by atoms with Crippen LogP contribution in [0.5, 0.6) is 0 Å². The van der Waals surface area contributed by atoms with Gasteiger partial charge < -0.3 is 15.5 Å². The summed E-state index contributed by atoms with van der Waals surface area (Å²) in [7, 11) is 4.06. The van der Waals surface area contributed by atoms with Crippen LogP contribution in [0, 0.1) is 6.92 Å². The summed E-state index contributed by atoms with van der Waals surface area (Å²) in [6.45, 7) is 5.07. The molecular formula is C16H23N5. The van der Waals surface area contributed by atoms with Crippen molar-refractivity contribution in [2.75, 3.05) is 36.2 Å². The molecule has 0 bridgehead atoms. The zero-order chi connectivity index (χ0) is 15.2. The predicted molar refractivity (Wildman–Crippen MR) is 89.6 cm³/mol. The molecule has 21 heavy (non-hydrogen) atoms. The third kappa shape index (κ3) is 3.62. The molecule has 1 heterocycles. The highest BCUT2D eigenvalue weighted by atomic mass is 15.1. The predicted octanol–water partition coefficient (Wildman–Crippen LogP) is 3.42. The molecule has 0 fully saturated rings. The van der Waals surface area contributed by atoms with E-state index in [-0.39, 0.29) is 0 Å². The standard InChI is InChI=1S/C16H23N5/c1-5-10-17-15-12(2)16(19-11-18-15)20-13-8-6-7-9-14(13)21(3)4/h6-9,11H,5,10H2,1-4H3,(H2,17,18,19,20). The highest BCUT2D eigenvalue weighted by molar-refractivity contribution is 5.75. The number of aromatic nitrogens is 2. The fraction of sp³-hybridized carbons (Fsp3) is 0.375. The number of nitrogens with one attached hydrogen (secondary N) is 2. The van der Waals surface area contributed by atoms with E-state index >= 15 is 0 Å². The lowest BCUT2D eigenvalue weighted by atomic mass is 10.2. The molecule has 0 saturated carbocycles. The second-order valence-corrected chi connectivity index (χ2v) is 5.16. The SMILES string of the molecule is CCCNc1ncnc(Nc2ccccc2N(C)C)c1C. The van der Waals surface area contributed by atoms with Gasteiger partial charge in [0, 0.05) is 26.2 Å². The van der Waals surface area contributed by atoms with Gasteiger partial charge in [-0.25, -0.2) is 9.97 Å². The fourth-order valence-electron chi connectivity index (χ4n) is 2.09. The van der Waals surface area contributed by atoms with Gasteiger partial charge in [-0.1, -0.05) is 19.1 Å². The molecule has 0 atom stereocenters. The minimum absolute atomic E-state index is 0.831. The highest BCUT2D eigenvalue weighted by Gasteiger charge is 2.09. The van der Waals surface area contributed by atoms with E-state index in [4.69, 9.17) is 0 Å². The molecular weight excluding hydrogens is 262 g/mol. The summed E-state index contributed by atoms with van der Waals surface area (Å²) in [5, 5.41) is 6.73. The van der Waals surface area contributed by atoms with Crippen molar-refractivity contribution in [3.63, 3.8) is 0 Å². The molecule has 0 radical (unpaired) electrons. The monoisotopic (exact) mass is 285 g/mol. The quantitative estimate of drug-likeness (QED) is 0.851. The van der Waals surface area contributed by atoms with Crippen molar-refractivity contribution in [3.8, 4) is 0 Å². The van der Waals surface area contributed by atoms with Gasteiger partial charge >= 0.3 is 0 Å². The number of hydrogen-bond donors (Lipinski definition) is 2. The number of nitrogens with zero attached hydrogens (tertiary/aromatic N) is 3. The zero-order valence-electron chi connectivity index (χ0n) is 13.1. The lowest BCUT2D eigenvalue weighted by Gasteiger charge is -2.19. The van der Waals surface area contributed by atoms with Gasteiger partial charge in [-0.15, -0.1) is 0 Å². The van der Waals surface area contributed by atoms with Gasteiger partial charge in [0.1, 0.15) is 18.0 Å². The summed E-state index contributed by atoms with van der Waals surface area (Å²) in [5.74, 6) is 1.72. The van der Waals surface area contributed by atoms with Crippen molar-refractivity contribution in [2.24, 2.45) is 0 Å². The summed E-state index contributed by atoms with van der Waals surface area (Å²) >= 11 is 0. The molecule has 0 aliphatic rings. The van der Waals surface area contributed by atoms with Crippen molar-refractivity contribution < 1.29 is 0 Å². The third-order valence-electron chi connectivity index (χ3n) is 3.27. The van der Waals surface area contributed by atoms with Gasteiger partial charge in [0.2, 0.25) is 0 Å². The first-order chi connectivity index (χ1) is 10.1. The average molecular weight is 285 g/mol. The second kappa shape index (κ2) is 6.92. The van der Waals surface area contributed by atoms with Crippen LogP contribution in [0.2, 0.25) is 0 Å². The van der Waals surface area contributed by atoms with Gasteiger partial charge in [-0.05, 0) is 25.5 Å². The lowest BCUT2D eigenvalue weighted by molar-refractivity contribution is 0.960. The van der Waals surface area contributed by atoms with E-state index in [0.29, 0.717) is 0 Å². The zero-order valence-corrected chi connectivity index (χ0v) is 13.1. The maximum Gasteiger partial charge on any atom is 0.138 e. The number of para-hydroxylation sites is 2. The molecule has 112 valence electrons. The number of hydrogen-bond acceptors (Lipinski definition) is 5. The molecule has 1 aromatic heterocycles. The summed E-state index contributed by atoms with van der Waals surface area (Å²) in [6.07, 6.45) is 2.65. The van der Waals surface area contributed by atoms with Gasteiger partial charge in [0.05, 0.1) is 11.4 Å². The first-order valence-corrected chi connectivity index (χ1v) is 7.22. The van der Waals surface area contributed by atoms with Crippen LogP contribution in [-0.2, 0) is 0 Å². The minimum Gasteiger partial charge on any atom is -0.376 e. The summed E-state index contributed by atoms with van der Waals surface area (Å²) in [5.41, 5.74) is 3.18. The molecule has 2 N–H and O–H groups in total. The Kier molecular flexibility index (Phi) is 4.98. The molecule has 2 rings (SSSR count). The van der Waals surface area contributed by atoms with Crippen LogP contribution in [-0.4, -0.2) is 30.6 Å². The molecule has 0 aliphatic carbocycles. The molecule has 0 unspecified atom stereocenters. The van der Waals surface area contributed by atoms with E-state index in [1.54, 1.807) is 6.33 Å². The van der Waals surface area contributed by atoms with Crippen LogP contribution >= 0.6 is 0 Å². The van der Waals surface area contributed by atoms with E-state index in [1.807, 2.05) is 33.2 Å². The Morgan fingerprint density at radius 1 is 1.10 bits per heavy atom. The van der Waals surface area contributed by atoms with Crippen molar-refractivity contribution >= 4 is 23.0 Å². The Balaban J connectivity index is 2.28. The van der Waals surface area contributed by atoms with Crippen molar-refractivity contribution in [1.29, 1.82) is 0 Å². The highest BCUT2D eigenvalue weighted by Crippen LogP contribution is 2.28. The van der Waals surface area contributed by atoms with Crippen molar-refractivity contribution in [3.05, 3.63) is 36.2 Å². The first kappa shape index (κ1) is 15.1. The molecule has 0 spiro atoms. The topological polar surface area (TPSA) is 53.1 Å². The van der Waals surface area contributed by atoms with Crippen molar-refractivity contribution in [2.45, 2.75) is 20.3 Å². The Bertz CT molecular complexity index is 595. The maximum absolute atomic E-state index is 4.36. The van der Waals surface area contributed by atoms with Crippen molar-refractivity contribution in [1.82, 2.24) is 9.97 Å². The van der Waals surface area contributed by atoms with Crippen LogP contribution in [0.25, 0.3) is 0 Å². The van der Waals surface area contributed by atoms with E-state index in [1.165, 1.54) is 0 Å². The Hall–Kier alpha value is -2.30. The first-order valence-electron chi connectivity index (χ1n) is 7.22. The summed E-state index contributed by atoms with van der Waals surface area (Å²) in [6, 6.07) is 8.18. The van der Waals surface area contributed by atoms with E-state index in [2.05, 4.69) is 44.6 Å². The summed E-state index contributed by atoms with van der Waals surface area (Å²) < 4.78 is 0. The number of benzene rings is 1. The second-order valence-electron chi connectivity index (χ2n) is 5.16. The number of rotatable bonds is 6. The average Bonchev–Trinajstić information content (AvgIpc) is 2.48. The van der Waals surface area contributed by atoms with Crippen LogP contribution in [0.15, 0.2) is 30.6 Å². The molecule has 1 aromatic carbocycles. The van der Waals surface area contributed by atoms with E-state index in [0.717, 1.165) is 41.5 Å². The Labute approximate surface area is 126 Å². The van der Waals surface area contributed by atoms with Gasteiger partial charge in [-0.2, -0.15) is 0 Å². The fourth-order valence-corrected chi connectivity index (χ4v) is 2.09. The molecule has 2 aromatic rings. The Morgan fingerprint density at radius 2 is 1.81 bits per heavy atom. The molecule has 5 heteroatoms. The van der Waals surface area contributed by atoms with Crippen LogP contribution < -0.4 is 15.5 Å². The van der Waals surface area contributed by atoms with E-state index < -0.39 is 0 Å². The minimum atomic E-state index is 0.831. The van der Waals surface area contributed by atoms with Crippen LogP contribution in [0.4, 0.5) is 23.0 Å². The maximum atomic E-state index is 4.36. The van der Waals surface area contributed by atoms with E-state index in [9.17, 15) is 0 Å². The molecule has 0 saturated heterocycles. The summed E-state index contributed by atoms with van der Waals surface area (Å²) in [4.78, 5) is 10.7. The van der Waals surface area contributed by atoms with Crippen LogP contribution in [0.1, 0.15) is 18.9 Å². The van der Waals surface area contributed by atoms with Gasteiger partial charge in [0.15, 0.2) is 0 Å². The molecule has 0 aliphatic heterocycles. The molecule has 0 amide bonds. The Morgan fingerprint density at radius 3 is 2.52 bits per heavy atom. The third-order valence-corrected chi connectivity index (χ3v) is 3.27. The number of anilines is 4. The van der Waals surface area contributed by atoms with Gasteiger partial charge in [-0.3, -0.25) is 0 Å². The van der Waals surface area contributed by atoms with Crippen LogP contribution in [0.3, 0.4) is 0 Å². The smallest absolute Gasteiger partial charge is 0.138 e. The normalized spacial score (nSPS) is 10.3. The lowest BCUT2D eigenvalue weighted by Crippen LogP contribution is -2.12. The molecule has 5 nitrogen and oxygen atoms in total. The van der Waals surface area contributed by atoms with Gasteiger partial charge in [0.25, 0.3) is 0 Å². The largest absolute Gasteiger partial charge is 0.376 e.